The van der Waals surface area contributed by atoms with E-state index in [4.69, 9.17) is 0 Å². The molecule has 1 spiro atoms. The molecule has 1 aromatic heterocycles. The lowest BCUT2D eigenvalue weighted by atomic mass is 9.71. The summed E-state index contributed by atoms with van der Waals surface area (Å²) < 4.78 is 2.64. The fraction of sp³-hybridized carbons (Fsp3) is 0.353. The molecule has 2 N–H and O–H groups in total. The molecule has 1 aromatic carbocycles. The van der Waals surface area contributed by atoms with Gasteiger partial charge >= 0.3 is 0 Å². The van der Waals surface area contributed by atoms with Gasteiger partial charge in [0.05, 0.1) is 6.20 Å². The first-order chi connectivity index (χ1) is 11.3. The van der Waals surface area contributed by atoms with Crippen molar-refractivity contribution in [3.63, 3.8) is 0 Å². The summed E-state index contributed by atoms with van der Waals surface area (Å²) in [5.41, 5.74) is 2.33. The highest BCUT2D eigenvalue weighted by Gasteiger charge is 2.54. The molecule has 0 saturated heterocycles. The molecular formula is C17H17BrN4O2. The van der Waals surface area contributed by atoms with Crippen LogP contribution in [0.1, 0.15) is 43.0 Å². The van der Waals surface area contributed by atoms with Gasteiger partial charge in [0.25, 0.3) is 0 Å². The van der Waals surface area contributed by atoms with Gasteiger partial charge in [-0.3, -0.25) is 9.59 Å². The van der Waals surface area contributed by atoms with Gasteiger partial charge in [-0.05, 0) is 44.0 Å². The second-order valence-electron chi connectivity index (χ2n) is 6.67. The minimum absolute atomic E-state index is 0.0809. The van der Waals surface area contributed by atoms with Crippen LogP contribution in [0.4, 0.5) is 11.5 Å². The molecule has 3 heterocycles. The molecule has 2 aliphatic heterocycles. The number of fused-ring (bicyclic) bond motifs is 4. The van der Waals surface area contributed by atoms with E-state index in [0.29, 0.717) is 5.82 Å². The number of rotatable bonds is 1. The summed E-state index contributed by atoms with van der Waals surface area (Å²) in [6.45, 7) is 5.93. The van der Waals surface area contributed by atoms with Crippen molar-refractivity contribution >= 4 is 39.2 Å². The molecule has 124 valence electrons. The Bertz CT molecular complexity index is 902. The number of amides is 2. The van der Waals surface area contributed by atoms with E-state index in [9.17, 15) is 9.59 Å². The molecule has 6 nitrogen and oxygen atoms in total. The first-order valence-electron chi connectivity index (χ1n) is 7.84. The number of hydrogen-bond donors (Lipinski definition) is 2. The number of benzene rings is 1. The number of carbonyl (C=O) groups is 2. The number of halogens is 1. The monoisotopic (exact) mass is 388 g/mol. The summed E-state index contributed by atoms with van der Waals surface area (Å²) in [5.74, 6) is 0.269. The van der Waals surface area contributed by atoms with E-state index in [1.165, 1.54) is 0 Å². The molecule has 7 heteroatoms. The second-order valence-corrected chi connectivity index (χ2v) is 7.59. The van der Waals surface area contributed by atoms with Gasteiger partial charge in [0.2, 0.25) is 11.8 Å². The van der Waals surface area contributed by atoms with Gasteiger partial charge in [-0.2, -0.15) is 5.10 Å². The number of hydrogen-bond acceptors (Lipinski definition) is 3. The summed E-state index contributed by atoms with van der Waals surface area (Å²) in [6, 6.07) is 3.96. The van der Waals surface area contributed by atoms with Crippen LogP contribution in [0.15, 0.2) is 22.8 Å². The van der Waals surface area contributed by atoms with Crippen molar-refractivity contribution in [3.8, 4) is 0 Å². The number of aromatic nitrogens is 2. The Labute approximate surface area is 147 Å². The van der Waals surface area contributed by atoms with Crippen LogP contribution in [-0.4, -0.2) is 21.6 Å². The highest BCUT2D eigenvalue weighted by molar-refractivity contribution is 9.10. The van der Waals surface area contributed by atoms with Crippen molar-refractivity contribution in [1.82, 2.24) is 9.78 Å². The Kier molecular flexibility index (Phi) is 3.16. The van der Waals surface area contributed by atoms with Crippen molar-refractivity contribution in [2.75, 3.05) is 10.6 Å². The van der Waals surface area contributed by atoms with Crippen molar-refractivity contribution in [3.05, 3.63) is 39.5 Å². The van der Waals surface area contributed by atoms with Crippen molar-refractivity contribution in [1.29, 1.82) is 0 Å². The normalized spacial score (nSPS) is 21.7. The van der Waals surface area contributed by atoms with Gasteiger partial charge < -0.3 is 10.6 Å². The third-order valence-corrected chi connectivity index (χ3v) is 5.27. The van der Waals surface area contributed by atoms with Crippen LogP contribution >= 0.6 is 15.9 Å². The van der Waals surface area contributed by atoms with Gasteiger partial charge in [-0.1, -0.05) is 15.9 Å². The highest BCUT2D eigenvalue weighted by atomic mass is 79.9. The van der Waals surface area contributed by atoms with E-state index in [1.54, 1.807) is 10.9 Å². The van der Waals surface area contributed by atoms with Crippen molar-refractivity contribution < 1.29 is 9.59 Å². The number of nitrogens with zero attached hydrogens (tertiary/aromatic N) is 2. The largest absolute Gasteiger partial charge is 0.324 e. The summed E-state index contributed by atoms with van der Waals surface area (Å²) in [6.07, 6.45) is 1.79. The number of aryl methyl sites for hydroxylation is 1. The average molecular weight is 389 g/mol. The first-order valence-corrected chi connectivity index (χ1v) is 8.64. The highest BCUT2D eigenvalue weighted by Crippen LogP contribution is 2.51. The summed E-state index contributed by atoms with van der Waals surface area (Å²) in [7, 11) is 0. The van der Waals surface area contributed by atoms with Crippen LogP contribution in [0.3, 0.4) is 0 Å². The summed E-state index contributed by atoms with van der Waals surface area (Å²) in [4.78, 5) is 25.5. The molecule has 4 rings (SSSR count). The van der Waals surface area contributed by atoms with E-state index in [1.807, 2.05) is 32.9 Å². The second kappa shape index (κ2) is 4.92. The van der Waals surface area contributed by atoms with E-state index in [0.717, 1.165) is 26.9 Å². The van der Waals surface area contributed by atoms with Crippen LogP contribution in [-0.2, 0) is 15.0 Å². The molecule has 0 saturated carbocycles. The van der Waals surface area contributed by atoms with Gasteiger partial charge in [-0.25, -0.2) is 4.68 Å². The van der Waals surface area contributed by atoms with E-state index >= 15 is 0 Å². The SMILES string of the molecule is Cc1cc(Br)cc2c1NC(=O)[C@@]21CC(=O)Nc2c1cnn2C(C)C. The quantitative estimate of drug-likeness (QED) is 0.787. The van der Waals surface area contributed by atoms with Gasteiger partial charge in [0.15, 0.2) is 0 Å². The molecule has 2 amide bonds. The molecule has 0 unspecified atom stereocenters. The lowest BCUT2D eigenvalue weighted by Crippen LogP contribution is -2.43. The van der Waals surface area contributed by atoms with Gasteiger partial charge in [-0.15, -0.1) is 0 Å². The predicted molar refractivity (Wildman–Crippen MR) is 94.1 cm³/mol. The Morgan fingerprint density at radius 2 is 2.00 bits per heavy atom. The lowest BCUT2D eigenvalue weighted by molar-refractivity contribution is -0.125. The van der Waals surface area contributed by atoms with E-state index < -0.39 is 5.41 Å². The van der Waals surface area contributed by atoms with Crippen LogP contribution in [0.2, 0.25) is 0 Å². The molecule has 0 fully saturated rings. The van der Waals surface area contributed by atoms with E-state index in [2.05, 4.69) is 31.7 Å². The zero-order chi connectivity index (χ0) is 17.2. The number of nitrogens with one attached hydrogen (secondary N) is 2. The van der Waals surface area contributed by atoms with E-state index in [-0.39, 0.29) is 24.3 Å². The first kappa shape index (κ1) is 15.4. The van der Waals surface area contributed by atoms with Gasteiger partial charge in [0.1, 0.15) is 11.2 Å². The smallest absolute Gasteiger partial charge is 0.240 e. The maximum absolute atomic E-state index is 13.0. The minimum atomic E-state index is -1.02. The third-order valence-electron chi connectivity index (χ3n) is 4.81. The topological polar surface area (TPSA) is 76.0 Å². The average Bonchev–Trinajstić information content (AvgIpc) is 3.02. The van der Waals surface area contributed by atoms with Gasteiger partial charge in [0, 0.05) is 28.2 Å². The lowest BCUT2D eigenvalue weighted by Gasteiger charge is -2.32. The Balaban J connectivity index is 2.04. The van der Waals surface area contributed by atoms with Crippen LogP contribution in [0.5, 0.6) is 0 Å². The zero-order valence-electron chi connectivity index (χ0n) is 13.6. The molecular weight excluding hydrogens is 372 g/mol. The number of anilines is 2. The minimum Gasteiger partial charge on any atom is -0.324 e. The fourth-order valence-corrected chi connectivity index (χ4v) is 4.31. The maximum atomic E-state index is 13.0. The molecule has 2 aliphatic rings. The Morgan fingerprint density at radius 1 is 1.25 bits per heavy atom. The molecule has 0 bridgehead atoms. The molecule has 2 aromatic rings. The molecule has 24 heavy (non-hydrogen) atoms. The Hall–Kier alpha value is -2.15. The fourth-order valence-electron chi connectivity index (χ4n) is 3.73. The van der Waals surface area contributed by atoms with Crippen molar-refractivity contribution in [2.24, 2.45) is 0 Å². The standard InChI is InChI=1S/C17H17BrN4O2/c1-8(2)22-15-12(7-19-22)17(6-13(23)20-15)11-5-10(18)4-9(3)14(11)21-16(17)24/h4-5,7-8H,6H2,1-3H3,(H,20,23)(H,21,24)/t17-/m0/s1. The summed E-state index contributed by atoms with van der Waals surface area (Å²) in [5, 5.41) is 10.3. The number of carbonyl (C=O) groups excluding carboxylic acids is 2. The molecule has 0 aliphatic carbocycles. The molecule has 0 radical (unpaired) electrons. The van der Waals surface area contributed by atoms with Crippen LogP contribution in [0.25, 0.3) is 0 Å². The predicted octanol–water partition coefficient (Wildman–Crippen LogP) is 3.12. The Morgan fingerprint density at radius 3 is 2.71 bits per heavy atom. The zero-order valence-corrected chi connectivity index (χ0v) is 15.2. The summed E-state index contributed by atoms with van der Waals surface area (Å²) >= 11 is 3.51. The maximum Gasteiger partial charge on any atom is 0.240 e. The molecule has 1 atom stereocenters. The van der Waals surface area contributed by atoms with Crippen LogP contribution < -0.4 is 10.6 Å². The third kappa shape index (κ3) is 1.84. The van der Waals surface area contributed by atoms with Crippen LogP contribution in [0, 0.1) is 6.92 Å². The van der Waals surface area contributed by atoms with Crippen molar-refractivity contribution in [2.45, 2.75) is 38.6 Å².